The summed E-state index contributed by atoms with van der Waals surface area (Å²) >= 11 is 0. The van der Waals surface area contributed by atoms with Gasteiger partial charge in [0, 0.05) is 6.42 Å². The molecule has 6 heteroatoms. The first-order valence-electron chi connectivity index (χ1n) is 28.2. The van der Waals surface area contributed by atoms with E-state index in [9.17, 15) is 19.8 Å². The van der Waals surface area contributed by atoms with Crippen molar-refractivity contribution in [1.29, 1.82) is 0 Å². The molecule has 0 rings (SSSR count). The molecule has 3 unspecified atom stereocenters. The zero-order valence-corrected chi connectivity index (χ0v) is 43.6. The molecular weight excluding hydrogens is 815 g/mol. The quantitative estimate of drug-likeness (QED) is 0.0321. The van der Waals surface area contributed by atoms with Crippen LogP contribution in [0.25, 0.3) is 0 Å². The van der Waals surface area contributed by atoms with Gasteiger partial charge in [-0.2, -0.15) is 0 Å². The second kappa shape index (κ2) is 53.3. The van der Waals surface area contributed by atoms with Crippen LogP contribution in [-0.4, -0.2) is 46.9 Å². The van der Waals surface area contributed by atoms with E-state index in [0.717, 1.165) is 77.0 Å². The highest BCUT2D eigenvalue weighted by molar-refractivity contribution is 5.77. The third-order valence-electron chi connectivity index (χ3n) is 12.6. The van der Waals surface area contributed by atoms with Gasteiger partial charge in [0.05, 0.1) is 25.2 Å². The second-order valence-corrected chi connectivity index (χ2v) is 19.0. The number of aliphatic hydroxyl groups excluding tert-OH is 2. The van der Waals surface area contributed by atoms with Crippen LogP contribution in [0, 0.1) is 0 Å². The SMILES string of the molecule is CC/C=C\C/C=C\C/C=C\C/C=C\C/C=C\C/C=C\CCC(=O)OC(CCCCCCCCCCCCCCCCC)CC(=O)NC(CO)C(O)CCCCCCCCCCCCCCC. The number of nitrogens with one attached hydrogen (secondary N) is 1. The first-order valence-corrected chi connectivity index (χ1v) is 28.2. The molecule has 0 aromatic heterocycles. The predicted molar refractivity (Wildman–Crippen MR) is 287 cm³/mol. The summed E-state index contributed by atoms with van der Waals surface area (Å²) < 4.78 is 5.92. The fourth-order valence-electron chi connectivity index (χ4n) is 8.34. The maximum atomic E-state index is 13.2. The number of esters is 1. The van der Waals surface area contributed by atoms with Gasteiger partial charge in [-0.3, -0.25) is 9.59 Å². The monoisotopic (exact) mass is 922 g/mol. The van der Waals surface area contributed by atoms with E-state index < -0.39 is 18.2 Å². The normalized spacial score (nSPS) is 13.7. The Morgan fingerprint density at radius 1 is 0.455 bits per heavy atom. The minimum Gasteiger partial charge on any atom is -0.462 e. The zero-order chi connectivity index (χ0) is 48.1. The molecule has 0 aliphatic heterocycles. The van der Waals surface area contributed by atoms with Crippen LogP contribution in [0.4, 0.5) is 0 Å². The molecular formula is C60H107NO5. The topological polar surface area (TPSA) is 95.9 Å². The standard InChI is InChI=1S/C60H107NO5/c1-4-7-10-13-16-19-22-25-27-28-29-30-32-35-38-41-44-47-50-53-60(65)66-56(51-48-45-42-39-36-34-31-26-23-20-17-14-11-8-5-2)54-59(64)61-57(55-62)58(63)52-49-46-43-40-37-33-24-21-18-15-12-9-6-3/h7,10,16,19,25,27,29-30,35,38,44,47,56-58,62-63H,4-6,8-9,11-15,17-18,20-24,26,28,31-34,36-37,39-43,45-46,48-55H2,1-3H3,(H,61,64)/b10-7-,19-16-,27-25-,30-29-,38-35-,47-44-. The van der Waals surface area contributed by atoms with E-state index in [4.69, 9.17) is 4.74 Å². The number of hydrogen-bond donors (Lipinski definition) is 3. The van der Waals surface area contributed by atoms with Crippen molar-refractivity contribution in [2.45, 2.75) is 289 Å². The van der Waals surface area contributed by atoms with Gasteiger partial charge < -0.3 is 20.3 Å². The molecule has 0 aliphatic rings. The summed E-state index contributed by atoms with van der Waals surface area (Å²) in [6, 6.07) is -0.718. The lowest BCUT2D eigenvalue weighted by Gasteiger charge is -2.24. The van der Waals surface area contributed by atoms with Gasteiger partial charge in [-0.05, 0) is 64.2 Å². The molecule has 0 aromatic rings. The van der Waals surface area contributed by atoms with Gasteiger partial charge >= 0.3 is 5.97 Å². The Morgan fingerprint density at radius 3 is 1.15 bits per heavy atom. The molecule has 0 spiro atoms. The Morgan fingerprint density at radius 2 is 0.788 bits per heavy atom. The lowest BCUT2D eigenvalue weighted by Crippen LogP contribution is -2.46. The highest BCUT2D eigenvalue weighted by Gasteiger charge is 2.24. The number of ether oxygens (including phenoxy) is 1. The van der Waals surface area contributed by atoms with Gasteiger partial charge in [-0.15, -0.1) is 0 Å². The molecule has 66 heavy (non-hydrogen) atoms. The van der Waals surface area contributed by atoms with Gasteiger partial charge in [0.2, 0.25) is 5.91 Å². The van der Waals surface area contributed by atoms with Crippen LogP contribution in [0.3, 0.4) is 0 Å². The maximum absolute atomic E-state index is 13.2. The number of carbonyl (C=O) groups is 2. The van der Waals surface area contributed by atoms with Gasteiger partial charge in [-0.25, -0.2) is 0 Å². The van der Waals surface area contributed by atoms with Crippen molar-refractivity contribution in [2.24, 2.45) is 0 Å². The second-order valence-electron chi connectivity index (χ2n) is 19.0. The third-order valence-corrected chi connectivity index (χ3v) is 12.6. The van der Waals surface area contributed by atoms with Crippen molar-refractivity contribution < 1.29 is 24.5 Å². The Kier molecular flexibility index (Phi) is 51.1. The molecule has 1 amide bonds. The van der Waals surface area contributed by atoms with Gasteiger partial charge in [-0.1, -0.05) is 267 Å². The Hall–Kier alpha value is -2.70. The molecule has 0 fully saturated rings. The number of aliphatic hydroxyl groups is 2. The smallest absolute Gasteiger partial charge is 0.306 e. The van der Waals surface area contributed by atoms with Crippen molar-refractivity contribution >= 4 is 11.9 Å². The van der Waals surface area contributed by atoms with Crippen LogP contribution in [0.15, 0.2) is 72.9 Å². The van der Waals surface area contributed by atoms with Crippen molar-refractivity contribution in [3.8, 4) is 0 Å². The van der Waals surface area contributed by atoms with E-state index in [2.05, 4.69) is 92.9 Å². The molecule has 6 nitrogen and oxygen atoms in total. The Labute approximate surface area is 409 Å². The summed E-state index contributed by atoms with van der Waals surface area (Å²) in [5.74, 6) is -0.566. The van der Waals surface area contributed by atoms with Crippen LogP contribution in [0.2, 0.25) is 0 Å². The van der Waals surface area contributed by atoms with Gasteiger partial charge in [0.15, 0.2) is 0 Å². The highest BCUT2D eigenvalue weighted by atomic mass is 16.5. The van der Waals surface area contributed by atoms with E-state index in [1.54, 1.807) is 0 Å². The molecule has 0 aliphatic carbocycles. The number of hydrogen-bond acceptors (Lipinski definition) is 5. The van der Waals surface area contributed by atoms with E-state index in [1.807, 2.05) is 6.08 Å². The average Bonchev–Trinajstić information content (AvgIpc) is 3.31. The molecule has 3 N–H and O–H groups in total. The van der Waals surface area contributed by atoms with Crippen LogP contribution >= 0.6 is 0 Å². The summed E-state index contributed by atoms with van der Waals surface area (Å²) in [4.78, 5) is 26.2. The van der Waals surface area contributed by atoms with Crippen LogP contribution in [0.5, 0.6) is 0 Å². The fraction of sp³-hybridized carbons (Fsp3) is 0.767. The van der Waals surface area contributed by atoms with Gasteiger partial charge in [0.1, 0.15) is 6.10 Å². The largest absolute Gasteiger partial charge is 0.462 e. The average molecular weight is 923 g/mol. The van der Waals surface area contributed by atoms with Crippen molar-refractivity contribution in [3.05, 3.63) is 72.9 Å². The first kappa shape index (κ1) is 63.3. The van der Waals surface area contributed by atoms with E-state index in [-0.39, 0.29) is 31.3 Å². The minimum absolute atomic E-state index is 0.0478. The van der Waals surface area contributed by atoms with Gasteiger partial charge in [0.25, 0.3) is 0 Å². The zero-order valence-electron chi connectivity index (χ0n) is 43.6. The molecule has 0 saturated carbocycles. The van der Waals surface area contributed by atoms with E-state index in [0.29, 0.717) is 19.3 Å². The number of carbonyl (C=O) groups excluding carboxylic acids is 2. The van der Waals surface area contributed by atoms with Crippen molar-refractivity contribution in [3.63, 3.8) is 0 Å². The number of rotatable bonds is 50. The van der Waals surface area contributed by atoms with Crippen LogP contribution in [-0.2, 0) is 14.3 Å². The first-order chi connectivity index (χ1) is 32.5. The molecule has 0 bridgehead atoms. The lowest BCUT2D eigenvalue weighted by molar-refractivity contribution is -0.150. The minimum atomic E-state index is -0.801. The maximum Gasteiger partial charge on any atom is 0.306 e. The van der Waals surface area contributed by atoms with Crippen molar-refractivity contribution in [1.82, 2.24) is 5.32 Å². The molecule has 382 valence electrons. The Bertz CT molecular complexity index is 1220. The third kappa shape index (κ3) is 47.8. The molecule has 0 saturated heterocycles. The lowest BCUT2D eigenvalue weighted by atomic mass is 10.0. The van der Waals surface area contributed by atoms with Crippen LogP contribution < -0.4 is 5.32 Å². The summed E-state index contributed by atoms with van der Waals surface area (Å²) in [5.41, 5.74) is 0. The van der Waals surface area contributed by atoms with Crippen molar-refractivity contribution in [2.75, 3.05) is 6.61 Å². The predicted octanol–water partition coefficient (Wildman–Crippen LogP) is 17.3. The molecule has 0 aromatic carbocycles. The highest BCUT2D eigenvalue weighted by Crippen LogP contribution is 2.18. The summed E-state index contributed by atoms with van der Waals surface area (Å²) in [6.45, 7) is 6.37. The molecule has 3 atom stereocenters. The fourth-order valence-corrected chi connectivity index (χ4v) is 8.34. The summed E-state index contributed by atoms with van der Waals surface area (Å²) in [7, 11) is 0. The summed E-state index contributed by atoms with van der Waals surface area (Å²) in [6.07, 6.45) is 68.3. The number of amides is 1. The van der Waals surface area contributed by atoms with E-state index >= 15 is 0 Å². The Balaban J connectivity index is 4.67. The molecule has 0 heterocycles. The number of allylic oxidation sites excluding steroid dienone is 12. The van der Waals surface area contributed by atoms with Crippen LogP contribution in [0.1, 0.15) is 271 Å². The molecule has 0 radical (unpaired) electrons. The summed E-state index contributed by atoms with van der Waals surface area (Å²) in [5, 5.41) is 23.8. The number of unbranched alkanes of at least 4 members (excludes halogenated alkanes) is 26. The van der Waals surface area contributed by atoms with E-state index in [1.165, 1.54) is 141 Å².